The van der Waals surface area contributed by atoms with Crippen LogP contribution in [0.4, 0.5) is 0 Å². The van der Waals surface area contributed by atoms with Gasteiger partial charge in [0, 0.05) is 6.07 Å². The third-order valence-corrected chi connectivity index (χ3v) is 2.86. The second-order valence-electron chi connectivity index (χ2n) is 3.10. The molecule has 3 nitrogen and oxygen atoms in total. The molecule has 94 valence electrons. The topological polar surface area (TPSA) is 35.5 Å². The Morgan fingerprint density at radius 3 is 2.47 bits per heavy atom. The molecule has 1 aromatic carbocycles. The van der Waals surface area contributed by atoms with Crippen molar-refractivity contribution < 1.29 is 14.3 Å². The van der Waals surface area contributed by atoms with Crippen molar-refractivity contribution in [2.24, 2.45) is 0 Å². The lowest BCUT2D eigenvalue weighted by Crippen LogP contribution is -2.09. The van der Waals surface area contributed by atoms with Crippen molar-refractivity contribution in [2.75, 3.05) is 13.2 Å². The minimum Gasteiger partial charge on any atom is -0.491 e. The molecule has 1 aromatic rings. The van der Waals surface area contributed by atoms with E-state index in [-0.39, 0.29) is 19.0 Å². The number of hydrogen-bond donors (Lipinski definition) is 0. The molecule has 17 heavy (non-hydrogen) atoms. The predicted octanol–water partition coefficient (Wildman–Crippen LogP) is 3.98. The van der Waals surface area contributed by atoms with E-state index in [0.717, 1.165) is 0 Å². The Morgan fingerprint density at radius 2 is 1.82 bits per heavy atom. The molecular formula is C11H11Cl3O3. The highest BCUT2D eigenvalue weighted by Gasteiger charge is 2.08. The smallest absolute Gasteiger partial charge is 0.309 e. The zero-order chi connectivity index (χ0) is 12.8. The lowest BCUT2D eigenvalue weighted by molar-refractivity contribution is -0.143. The maximum absolute atomic E-state index is 11.1. The maximum Gasteiger partial charge on any atom is 0.309 e. The molecular weight excluding hydrogens is 286 g/mol. The summed E-state index contributed by atoms with van der Waals surface area (Å²) in [6, 6.07) is 3.00. The number of esters is 1. The van der Waals surface area contributed by atoms with Crippen LogP contribution < -0.4 is 4.74 Å². The number of ether oxygens (including phenoxy) is 2. The van der Waals surface area contributed by atoms with Gasteiger partial charge in [-0.1, -0.05) is 34.8 Å². The van der Waals surface area contributed by atoms with Crippen molar-refractivity contribution in [1.29, 1.82) is 0 Å². The Hall–Kier alpha value is -0.640. The van der Waals surface area contributed by atoms with Crippen molar-refractivity contribution in [3.05, 3.63) is 27.2 Å². The monoisotopic (exact) mass is 296 g/mol. The first-order chi connectivity index (χ1) is 8.04. The van der Waals surface area contributed by atoms with Crippen molar-refractivity contribution in [2.45, 2.75) is 13.3 Å². The summed E-state index contributed by atoms with van der Waals surface area (Å²) in [6.07, 6.45) is 0.157. The van der Waals surface area contributed by atoms with Gasteiger partial charge in [0.15, 0.2) is 0 Å². The zero-order valence-electron chi connectivity index (χ0n) is 9.13. The molecule has 0 aromatic heterocycles. The molecule has 0 atom stereocenters. The predicted molar refractivity (Wildman–Crippen MR) is 68.2 cm³/mol. The molecule has 1 rings (SSSR count). The fourth-order valence-electron chi connectivity index (χ4n) is 1.09. The van der Waals surface area contributed by atoms with E-state index in [1.165, 1.54) is 12.1 Å². The fraction of sp³-hybridized carbons (Fsp3) is 0.364. The van der Waals surface area contributed by atoms with Crippen LogP contribution in [0.2, 0.25) is 15.1 Å². The number of halogens is 3. The summed E-state index contributed by atoms with van der Waals surface area (Å²) in [7, 11) is 0. The van der Waals surface area contributed by atoms with E-state index >= 15 is 0 Å². The summed E-state index contributed by atoms with van der Waals surface area (Å²) in [4.78, 5) is 11.1. The zero-order valence-corrected chi connectivity index (χ0v) is 11.4. The summed E-state index contributed by atoms with van der Waals surface area (Å²) in [5.41, 5.74) is 0. The van der Waals surface area contributed by atoms with E-state index in [9.17, 15) is 4.79 Å². The van der Waals surface area contributed by atoms with Crippen LogP contribution >= 0.6 is 34.8 Å². The summed E-state index contributed by atoms with van der Waals surface area (Å²) >= 11 is 17.5. The van der Waals surface area contributed by atoms with Gasteiger partial charge in [-0.3, -0.25) is 4.79 Å². The number of rotatable bonds is 5. The van der Waals surface area contributed by atoms with Gasteiger partial charge in [-0.25, -0.2) is 0 Å². The van der Waals surface area contributed by atoms with Gasteiger partial charge < -0.3 is 9.47 Å². The molecule has 0 aliphatic heterocycles. The molecule has 0 aliphatic carbocycles. The first-order valence-electron chi connectivity index (χ1n) is 4.97. The van der Waals surface area contributed by atoms with Gasteiger partial charge in [-0.15, -0.1) is 0 Å². The molecule has 0 radical (unpaired) electrons. The average Bonchev–Trinajstić information content (AvgIpc) is 2.26. The fourth-order valence-corrected chi connectivity index (χ4v) is 1.68. The van der Waals surface area contributed by atoms with Gasteiger partial charge in [0.25, 0.3) is 0 Å². The minimum absolute atomic E-state index is 0.157. The normalized spacial score (nSPS) is 10.1. The molecule has 0 aliphatic rings. The standard InChI is InChI=1S/C11H11Cl3O3/c1-2-16-11(15)3-4-17-10-6-8(13)7(12)5-9(10)14/h5-6H,2-4H2,1H3. The van der Waals surface area contributed by atoms with E-state index in [2.05, 4.69) is 0 Å². The molecule has 0 bridgehead atoms. The quantitative estimate of drug-likeness (QED) is 0.609. The molecule has 0 saturated heterocycles. The molecule has 0 N–H and O–H groups in total. The van der Waals surface area contributed by atoms with Crippen molar-refractivity contribution >= 4 is 40.8 Å². The van der Waals surface area contributed by atoms with Crippen LogP contribution in [-0.2, 0) is 9.53 Å². The van der Waals surface area contributed by atoms with Gasteiger partial charge in [0.05, 0.1) is 34.7 Å². The summed E-state index contributed by atoms with van der Waals surface area (Å²) in [5, 5.41) is 1.06. The SMILES string of the molecule is CCOC(=O)CCOc1cc(Cl)c(Cl)cc1Cl. The summed E-state index contributed by atoms with van der Waals surface area (Å²) in [6.45, 7) is 2.28. The highest BCUT2D eigenvalue weighted by atomic mass is 35.5. The van der Waals surface area contributed by atoms with Gasteiger partial charge in [-0.2, -0.15) is 0 Å². The number of carbonyl (C=O) groups excluding carboxylic acids is 1. The summed E-state index contributed by atoms with van der Waals surface area (Å²) < 4.78 is 10.1. The number of carbonyl (C=O) groups is 1. The highest BCUT2D eigenvalue weighted by molar-refractivity contribution is 6.43. The van der Waals surface area contributed by atoms with Crippen molar-refractivity contribution in [3.8, 4) is 5.75 Å². The van der Waals surface area contributed by atoms with Crippen LogP contribution in [0.5, 0.6) is 5.75 Å². The Bertz CT molecular complexity index is 407. The molecule has 0 saturated carbocycles. The van der Waals surface area contributed by atoms with E-state index in [1.807, 2.05) is 0 Å². The van der Waals surface area contributed by atoms with E-state index < -0.39 is 0 Å². The van der Waals surface area contributed by atoms with Crippen LogP contribution in [0.25, 0.3) is 0 Å². The van der Waals surface area contributed by atoms with Crippen molar-refractivity contribution in [3.63, 3.8) is 0 Å². The third-order valence-electron chi connectivity index (χ3n) is 1.84. The number of hydrogen-bond acceptors (Lipinski definition) is 3. The van der Waals surface area contributed by atoms with E-state index in [1.54, 1.807) is 6.92 Å². The van der Waals surface area contributed by atoms with Crippen LogP contribution in [0, 0.1) is 0 Å². The summed E-state index contributed by atoms with van der Waals surface area (Å²) in [5.74, 6) is 0.0778. The minimum atomic E-state index is -0.316. The second kappa shape index (κ2) is 6.94. The van der Waals surface area contributed by atoms with E-state index in [4.69, 9.17) is 44.3 Å². The molecule has 0 heterocycles. The lowest BCUT2D eigenvalue weighted by atomic mass is 10.3. The van der Waals surface area contributed by atoms with Crippen molar-refractivity contribution in [1.82, 2.24) is 0 Å². The van der Waals surface area contributed by atoms with Gasteiger partial charge in [0.2, 0.25) is 0 Å². The average molecular weight is 298 g/mol. The molecule has 6 heteroatoms. The van der Waals surface area contributed by atoms with Crippen LogP contribution in [0.1, 0.15) is 13.3 Å². The second-order valence-corrected chi connectivity index (χ2v) is 4.32. The Morgan fingerprint density at radius 1 is 1.18 bits per heavy atom. The first-order valence-corrected chi connectivity index (χ1v) is 6.11. The number of benzene rings is 1. The molecule has 0 unspecified atom stereocenters. The molecule has 0 spiro atoms. The largest absolute Gasteiger partial charge is 0.491 e. The highest BCUT2D eigenvalue weighted by Crippen LogP contribution is 2.33. The van der Waals surface area contributed by atoms with Gasteiger partial charge in [0.1, 0.15) is 5.75 Å². The van der Waals surface area contributed by atoms with Crippen LogP contribution in [0.3, 0.4) is 0 Å². The van der Waals surface area contributed by atoms with Gasteiger partial charge in [-0.05, 0) is 13.0 Å². The third kappa shape index (κ3) is 4.62. The molecule has 0 fully saturated rings. The van der Waals surface area contributed by atoms with E-state index in [0.29, 0.717) is 27.4 Å². The van der Waals surface area contributed by atoms with Gasteiger partial charge >= 0.3 is 5.97 Å². The molecule has 0 amide bonds. The Labute approximate surface area is 115 Å². The lowest BCUT2D eigenvalue weighted by Gasteiger charge is -2.08. The van der Waals surface area contributed by atoms with Crippen LogP contribution in [0.15, 0.2) is 12.1 Å². The first kappa shape index (κ1) is 14.4. The Kier molecular flexibility index (Phi) is 5.89. The maximum atomic E-state index is 11.1. The Balaban J connectivity index is 2.52. The van der Waals surface area contributed by atoms with Crippen LogP contribution in [-0.4, -0.2) is 19.2 Å².